The molecule has 1 rings (SSSR count). The van der Waals surface area contributed by atoms with Gasteiger partial charge in [0.15, 0.2) is 0 Å². The van der Waals surface area contributed by atoms with Gasteiger partial charge in [-0.15, -0.1) is 0 Å². The number of halogens is 2. The fraction of sp³-hybridized carbons (Fsp3) is 0.625. The summed E-state index contributed by atoms with van der Waals surface area (Å²) in [6.07, 6.45) is 0. The van der Waals surface area contributed by atoms with E-state index in [-0.39, 0.29) is 12.1 Å². The standard InChI is InChI=1S/C16H25F2NO/c1-12(2)9-19-11-16(17,18)14-5-7-15(8-6-14)20-10-13(3)4/h5-8,12-13,19H,9-11H2,1-4H3. The van der Waals surface area contributed by atoms with Crippen LogP contribution >= 0.6 is 0 Å². The Morgan fingerprint density at radius 2 is 1.65 bits per heavy atom. The summed E-state index contributed by atoms with van der Waals surface area (Å²) in [5, 5.41) is 2.80. The van der Waals surface area contributed by atoms with Gasteiger partial charge < -0.3 is 10.1 Å². The second-order valence-electron chi connectivity index (χ2n) is 5.96. The number of nitrogens with one attached hydrogen (secondary N) is 1. The Labute approximate surface area is 120 Å². The van der Waals surface area contributed by atoms with E-state index in [4.69, 9.17) is 4.74 Å². The molecule has 2 nitrogen and oxygen atoms in total. The van der Waals surface area contributed by atoms with Crippen molar-refractivity contribution in [1.29, 1.82) is 0 Å². The molecular weight excluding hydrogens is 260 g/mol. The normalized spacial score (nSPS) is 12.2. The summed E-state index contributed by atoms with van der Waals surface area (Å²) in [7, 11) is 0. The van der Waals surface area contributed by atoms with Crippen LogP contribution in [-0.2, 0) is 5.92 Å². The topological polar surface area (TPSA) is 21.3 Å². The number of ether oxygens (including phenoxy) is 1. The van der Waals surface area contributed by atoms with Crippen LogP contribution in [0.25, 0.3) is 0 Å². The zero-order chi connectivity index (χ0) is 15.2. The molecule has 0 aliphatic rings. The highest BCUT2D eigenvalue weighted by Gasteiger charge is 2.30. The van der Waals surface area contributed by atoms with Gasteiger partial charge in [-0.3, -0.25) is 0 Å². The predicted molar refractivity (Wildman–Crippen MR) is 78.4 cm³/mol. The summed E-state index contributed by atoms with van der Waals surface area (Å²) in [5.74, 6) is -1.45. The lowest BCUT2D eigenvalue weighted by molar-refractivity contribution is -0.00357. The third-order valence-corrected chi connectivity index (χ3v) is 2.76. The van der Waals surface area contributed by atoms with Gasteiger partial charge in [0.25, 0.3) is 5.92 Å². The molecule has 0 fully saturated rings. The maximum Gasteiger partial charge on any atom is 0.285 e. The summed E-state index contributed by atoms with van der Waals surface area (Å²) in [6.45, 7) is 8.91. The molecule has 0 amide bonds. The van der Waals surface area contributed by atoms with Crippen LogP contribution in [0.4, 0.5) is 8.78 Å². The first-order valence-electron chi connectivity index (χ1n) is 7.13. The van der Waals surface area contributed by atoms with Gasteiger partial charge in [-0.2, -0.15) is 8.78 Å². The summed E-state index contributed by atoms with van der Waals surface area (Å²) in [5.41, 5.74) is 0.0191. The Kier molecular flexibility index (Phi) is 6.40. The van der Waals surface area contributed by atoms with Crippen LogP contribution in [0, 0.1) is 11.8 Å². The minimum atomic E-state index is -2.86. The molecular formula is C16H25F2NO. The van der Waals surface area contributed by atoms with Gasteiger partial charge in [-0.25, -0.2) is 0 Å². The van der Waals surface area contributed by atoms with E-state index in [1.807, 2.05) is 27.7 Å². The van der Waals surface area contributed by atoms with Gasteiger partial charge in [-0.05, 0) is 42.6 Å². The van der Waals surface area contributed by atoms with Crippen molar-refractivity contribution in [1.82, 2.24) is 5.32 Å². The minimum absolute atomic E-state index is 0.0191. The average Bonchev–Trinajstić information content (AvgIpc) is 2.36. The van der Waals surface area contributed by atoms with Crippen LogP contribution in [0.15, 0.2) is 24.3 Å². The molecule has 1 aromatic rings. The Balaban J connectivity index is 2.57. The predicted octanol–water partition coefficient (Wildman–Crippen LogP) is 4.06. The third-order valence-electron chi connectivity index (χ3n) is 2.76. The van der Waals surface area contributed by atoms with Crippen LogP contribution in [0.3, 0.4) is 0 Å². The number of hydrogen-bond donors (Lipinski definition) is 1. The van der Waals surface area contributed by atoms with Crippen LogP contribution in [0.5, 0.6) is 5.75 Å². The number of rotatable bonds is 8. The number of benzene rings is 1. The van der Waals surface area contributed by atoms with E-state index >= 15 is 0 Å². The van der Waals surface area contributed by atoms with E-state index in [0.29, 0.717) is 30.7 Å². The number of hydrogen-bond acceptors (Lipinski definition) is 2. The van der Waals surface area contributed by atoms with Gasteiger partial charge >= 0.3 is 0 Å². The lowest BCUT2D eigenvalue weighted by atomic mass is 10.1. The zero-order valence-corrected chi connectivity index (χ0v) is 12.7. The molecule has 0 spiro atoms. The highest BCUT2D eigenvalue weighted by atomic mass is 19.3. The largest absolute Gasteiger partial charge is 0.493 e. The SMILES string of the molecule is CC(C)CNCC(F)(F)c1ccc(OCC(C)C)cc1. The molecule has 0 heterocycles. The fourth-order valence-corrected chi connectivity index (χ4v) is 1.68. The molecule has 20 heavy (non-hydrogen) atoms. The Bertz CT molecular complexity index is 388. The van der Waals surface area contributed by atoms with Crippen molar-refractivity contribution >= 4 is 0 Å². The van der Waals surface area contributed by atoms with Crippen molar-refractivity contribution in [3.63, 3.8) is 0 Å². The molecule has 0 aromatic heterocycles. The van der Waals surface area contributed by atoms with Crippen LogP contribution in [0.2, 0.25) is 0 Å². The van der Waals surface area contributed by atoms with E-state index in [1.54, 1.807) is 12.1 Å². The van der Waals surface area contributed by atoms with Gasteiger partial charge in [0, 0.05) is 5.56 Å². The van der Waals surface area contributed by atoms with Crippen molar-refractivity contribution < 1.29 is 13.5 Å². The first kappa shape index (κ1) is 16.9. The van der Waals surface area contributed by atoms with Crippen LogP contribution < -0.4 is 10.1 Å². The quantitative estimate of drug-likeness (QED) is 0.777. The molecule has 0 saturated heterocycles. The van der Waals surface area contributed by atoms with Crippen LogP contribution in [0.1, 0.15) is 33.3 Å². The van der Waals surface area contributed by atoms with E-state index in [2.05, 4.69) is 5.32 Å². The third kappa shape index (κ3) is 5.87. The monoisotopic (exact) mass is 285 g/mol. The molecule has 4 heteroatoms. The summed E-state index contributed by atoms with van der Waals surface area (Å²) < 4.78 is 33.4. The lowest BCUT2D eigenvalue weighted by Crippen LogP contribution is -2.32. The van der Waals surface area contributed by atoms with E-state index < -0.39 is 5.92 Å². The van der Waals surface area contributed by atoms with Gasteiger partial charge in [0.2, 0.25) is 0 Å². The molecule has 0 saturated carbocycles. The highest BCUT2D eigenvalue weighted by Crippen LogP contribution is 2.28. The molecule has 0 radical (unpaired) electrons. The minimum Gasteiger partial charge on any atom is -0.493 e. The maximum atomic E-state index is 13.9. The van der Waals surface area contributed by atoms with E-state index in [1.165, 1.54) is 12.1 Å². The van der Waals surface area contributed by atoms with Crippen molar-refractivity contribution in [3.05, 3.63) is 29.8 Å². The molecule has 0 bridgehead atoms. The van der Waals surface area contributed by atoms with Gasteiger partial charge in [0.1, 0.15) is 5.75 Å². The van der Waals surface area contributed by atoms with Crippen molar-refractivity contribution in [3.8, 4) is 5.75 Å². The summed E-state index contributed by atoms with van der Waals surface area (Å²) >= 11 is 0. The smallest absolute Gasteiger partial charge is 0.285 e. The molecule has 0 aliphatic carbocycles. The zero-order valence-electron chi connectivity index (χ0n) is 12.7. The Morgan fingerprint density at radius 3 is 2.15 bits per heavy atom. The van der Waals surface area contributed by atoms with Gasteiger partial charge in [0.05, 0.1) is 13.2 Å². The van der Waals surface area contributed by atoms with Crippen molar-refractivity contribution in [2.45, 2.75) is 33.6 Å². The molecule has 0 unspecified atom stereocenters. The second kappa shape index (κ2) is 7.58. The van der Waals surface area contributed by atoms with E-state index in [9.17, 15) is 8.78 Å². The first-order chi connectivity index (χ1) is 9.31. The summed E-state index contributed by atoms with van der Waals surface area (Å²) in [6, 6.07) is 6.08. The van der Waals surface area contributed by atoms with Gasteiger partial charge in [-0.1, -0.05) is 27.7 Å². The highest BCUT2D eigenvalue weighted by molar-refractivity contribution is 5.30. The van der Waals surface area contributed by atoms with Crippen molar-refractivity contribution in [2.75, 3.05) is 19.7 Å². The molecule has 0 atom stereocenters. The lowest BCUT2D eigenvalue weighted by Gasteiger charge is -2.19. The Morgan fingerprint density at radius 1 is 1.05 bits per heavy atom. The second-order valence-corrected chi connectivity index (χ2v) is 5.96. The fourth-order valence-electron chi connectivity index (χ4n) is 1.68. The first-order valence-corrected chi connectivity index (χ1v) is 7.13. The average molecular weight is 285 g/mol. The van der Waals surface area contributed by atoms with Crippen LogP contribution in [-0.4, -0.2) is 19.7 Å². The molecule has 114 valence electrons. The molecule has 1 N–H and O–H groups in total. The van der Waals surface area contributed by atoms with Crippen molar-refractivity contribution in [2.24, 2.45) is 11.8 Å². The summed E-state index contributed by atoms with van der Waals surface area (Å²) in [4.78, 5) is 0. The Hall–Kier alpha value is -1.16. The van der Waals surface area contributed by atoms with E-state index in [0.717, 1.165) is 0 Å². The number of alkyl halides is 2. The molecule has 0 aliphatic heterocycles. The molecule has 1 aromatic carbocycles. The maximum absolute atomic E-state index is 13.9.